The highest BCUT2D eigenvalue weighted by atomic mass is 16.5. The molecule has 1 saturated carbocycles. The second-order valence-electron chi connectivity index (χ2n) is 5.46. The maximum Gasteiger partial charge on any atom is 0.325 e. The summed E-state index contributed by atoms with van der Waals surface area (Å²) in [4.78, 5) is 36.3. The Labute approximate surface area is 125 Å². The predicted octanol–water partition coefficient (Wildman–Crippen LogP) is 1.52. The lowest BCUT2D eigenvalue weighted by Gasteiger charge is -2.22. The van der Waals surface area contributed by atoms with Gasteiger partial charge in [0, 0.05) is 6.42 Å². The zero-order valence-corrected chi connectivity index (χ0v) is 12.9. The molecule has 1 fully saturated rings. The summed E-state index contributed by atoms with van der Waals surface area (Å²) in [6.07, 6.45) is 7.19. The molecule has 21 heavy (non-hydrogen) atoms. The zero-order chi connectivity index (χ0) is 15.7. The molecule has 0 bridgehead atoms. The van der Waals surface area contributed by atoms with Crippen LogP contribution in [0.1, 0.15) is 44.9 Å². The lowest BCUT2D eigenvalue weighted by atomic mass is 9.96. The molecule has 6 nitrogen and oxygen atoms in total. The van der Waals surface area contributed by atoms with Crippen molar-refractivity contribution in [2.75, 3.05) is 27.3 Å². The van der Waals surface area contributed by atoms with Crippen LogP contribution in [0.3, 0.4) is 0 Å². The van der Waals surface area contributed by atoms with Gasteiger partial charge in [0.15, 0.2) is 0 Å². The average Bonchev–Trinajstić information content (AvgIpc) is 2.74. The molecule has 0 atom stereocenters. The van der Waals surface area contributed by atoms with E-state index in [1.165, 1.54) is 32.0 Å². The van der Waals surface area contributed by atoms with Gasteiger partial charge in [0.25, 0.3) is 0 Å². The highest BCUT2D eigenvalue weighted by Crippen LogP contribution is 2.25. The standard InChI is InChI=1S/C15H25NO5/c1-20-14(18)10-16(11-15(19)21-2)13(17)9-12-7-5-3-4-6-8-12/h12H,3-11H2,1-2H3. The van der Waals surface area contributed by atoms with Crippen LogP contribution < -0.4 is 0 Å². The molecule has 1 amide bonds. The van der Waals surface area contributed by atoms with Crippen molar-refractivity contribution in [2.45, 2.75) is 44.9 Å². The molecule has 0 saturated heterocycles. The molecule has 1 rings (SSSR count). The van der Waals surface area contributed by atoms with Gasteiger partial charge in [-0.1, -0.05) is 25.7 Å². The highest BCUT2D eigenvalue weighted by Gasteiger charge is 2.24. The van der Waals surface area contributed by atoms with E-state index in [4.69, 9.17) is 0 Å². The summed E-state index contributed by atoms with van der Waals surface area (Å²) in [5, 5.41) is 0. The van der Waals surface area contributed by atoms with E-state index in [0.717, 1.165) is 25.7 Å². The van der Waals surface area contributed by atoms with Crippen LogP contribution in [0, 0.1) is 5.92 Å². The molecule has 0 spiro atoms. The van der Waals surface area contributed by atoms with E-state index in [0.29, 0.717) is 12.3 Å². The van der Waals surface area contributed by atoms with Crippen LogP contribution in [-0.2, 0) is 23.9 Å². The van der Waals surface area contributed by atoms with Crippen LogP contribution in [0.25, 0.3) is 0 Å². The number of rotatable bonds is 6. The van der Waals surface area contributed by atoms with Crippen molar-refractivity contribution in [3.05, 3.63) is 0 Å². The van der Waals surface area contributed by atoms with Crippen LogP contribution in [-0.4, -0.2) is 50.1 Å². The fourth-order valence-corrected chi connectivity index (χ4v) is 2.62. The largest absolute Gasteiger partial charge is 0.468 e. The van der Waals surface area contributed by atoms with Gasteiger partial charge in [-0.25, -0.2) is 0 Å². The van der Waals surface area contributed by atoms with E-state index >= 15 is 0 Å². The van der Waals surface area contributed by atoms with Crippen LogP contribution >= 0.6 is 0 Å². The van der Waals surface area contributed by atoms with E-state index in [9.17, 15) is 14.4 Å². The topological polar surface area (TPSA) is 72.9 Å². The molecule has 0 aromatic carbocycles. The van der Waals surface area contributed by atoms with Crippen molar-refractivity contribution in [3.63, 3.8) is 0 Å². The summed E-state index contributed by atoms with van der Waals surface area (Å²) in [7, 11) is 2.52. The molecular weight excluding hydrogens is 274 g/mol. The van der Waals surface area contributed by atoms with E-state index in [-0.39, 0.29) is 19.0 Å². The number of hydrogen-bond donors (Lipinski definition) is 0. The number of carbonyl (C=O) groups is 3. The Bertz CT molecular complexity index is 343. The number of hydrogen-bond acceptors (Lipinski definition) is 5. The summed E-state index contributed by atoms with van der Waals surface area (Å²) >= 11 is 0. The third-order valence-corrected chi connectivity index (χ3v) is 3.89. The van der Waals surface area contributed by atoms with E-state index in [1.807, 2.05) is 0 Å². The first-order valence-electron chi connectivity index (χ1n) is 7.48. The molecule has 0 unspecified atom stereocenters. The van der Waals surface area contributed by atoms with Gasteiger partial charge in [-0.3, -0.25) is 14.4 Å². The van der Waals surface area contributed by atoms with Crippen LogP contribution in [0.5, 0.6) is 0 Å². The average molecular weight is 299 g/mol. The van der Waals surface area contributed by atoms with Gasteiger partial charge >= 0.3 is 11.9 Å². The zero-order valence-electron chi connectivity index (χ0n) is 12.9. The summed E-state index contributed by atoms with van der Waals surface area (Å²) in [5.74, 6) is -0.906. The predicted molar refractivity (Wildman–Crippen MR) is 76.4 cm³/mol. The molecule has 0 heterocycles. The normalized spacial score (nSPS) is 15.9. The molecule has 0 aliphatic heterocycles. The van der Waals surface area contributed by atoms with Gasteiger partial charge in [-0.05, 0) is 18.8 Å². The molecule has 0 aromatic rings. The number of carbonyl (C=O) groups excluding carboxylic acids is 3. The lowest BCUT2D eigenvalue weighted by molar-refractivity contribution is -0.152. The van der Waals surface area contributed by atoms with Crippen molar-refractivity contribution in [3.8, 4) is 0 Å². The first-order valence-corrected chi connectivity index (χ1v) is 7.48. The molecular formula is C15H25NO5. The minimum atomic E-state index is -0.534. The molecule has 0 N–H and O–H groups in total. The third kappa shape index (κ3) is 6.60. The Hall–Kier alpha value is -1.59. The number of amides is 1. The highest BCUT2D eigenvalue weighted by molar-refractivity contribution is 5.86. The molecule has 1 aliphatic carbocycles. The summed E-state index contributed by atoms with van der Waals surface area (Å²) in [6.45, 7) is -0.422. The van der Waals surface area contributed by atoms with E-state index in [1.54, 1.807) is 0 Å². The molecule has 0 aromatic heterocycles. The maximum absolute atomic E-state index is 12.3. The van der Waals surface area contributed by atoms with Crippen molar-refractivity contribution in [2.24, 2.45) is 5.92 Å². The summed E-state index contributed by atoms with van der Waals surface area (Å²) in [6, 6.07) is 0. The van der Waals surface area contributed by atoms with Gasteiger partial charge in [0.05, 0.1) is 14.2 Å². The lowest BCUT2D eigenvalue weighted by Crippen LogP contribution is -2.40. The van der Waals surface area contributed by atoms with Gasteiger partial charge in [-0.15, -0.1) is 0 Å². The molecule has 1 aliphatic rings. The minimum Gasteiger partial charge on any atom is -0.468 e. The Morgan fingerprint density at radius 3 is 1.81 bits per heavy atom. The Kier molecular flexibility index (Phi) is 7.79. The Balaban J connectivity index is 2.59. The summed E-state index contributed by atoms with van der Waals surface area (Å²) < 4.78 is 9.14. The smallest absolute Gasteiger partial charge is 0.325 e. The van der Waals surface area contributed by atoms with Crippen molar-refractivity contribution < 1.29 is 23.9 Å². The first-order chi connectivity index (χ1) is 10.1. The Morgan fingerprint density at radius 2 is 1.38 bits per heavy atom. The number of nitrogens with zero attached hydrogens (tertiary/aromatic N) is 1. The number of methoxy groups -OCH3 is 2. The number of esters is 2. The van der Waals surface area contributed by atoms with Crippen LogP contribution in [0.4, 0.5) is 0 Å². The molecule has 0 radical (unpaired) electrons. The van der Waals surface area contributed by atoms with E-state index in [2.05, 4.69) is 9.47 Å². The minimum absolute atomic E-state index is 0.183. The second kappa shape index (κ2) is 9.37. The van der Waals surface area contributed by atoms with Crippen molar-refractivity contribution >= 4 is 17.8 Å². The van der Waals surface area contributed by atoms with Crippen LogP contribution in [0.2, 0.25) is 0 Å². The Morgan fingerprint density at radius 1 is 0.905 bits per heavy atom. The molecule has 6 heteroatoms. The van der Waals surface area contributed by atoms with Crippen LogP contribution in [0.15, 0.2) is 0 Å². The SMILES string of the molecule is COC(=O)CN(CC(=O)OC)C(=O)CC1CCCCCC1. The van der Waals surface area contributed by atoms with Gasteiger partial charge in [-0.2, -0.15) is 0 Å². The maximum atomic E-state index is 12.3. The monoisotopic (exact) mass is 299 g/mol. The van der Waals surface area contributed by atoms with Crippen molar-refractivity contribution in [1.29, 1.82) is 0 Å². The third-order valence-electron chi connectivity index (χ3n) is 3.89. The second-order valence-corrected chi connectivity index (χ2v) is 5.46. The fourth-order valence-electron chi connectivity index (χ4n) is 2.62. The molecule has 120 valence electrons. The van der Waals surface area contributed by atoms with Gasteiger partial charge in [0.2, 0.25) is 5.91 Å². The van der Waals surface area contributed by atoms with Gasteiger partial charge in [0.1, 0.15) is 13.1 Å². The van der Waals surface area contributed by atoms with E-state index < -0.39 is 11.9 Å². The summed E-state index contributed by atoms with van der Waals surface area (Å²) in [5.41, 5.74) is 0. The fraction of sp³-hybridized carbons (Fsp3) is 0.800. The first kappa shape index (κ1) is 17.5. The van der Waals surface area contributed by atoms with Crippen molar-refractivity contribution in [1.82, 2.24) is 4.90 Å². The van der Waals surface area contributed by atoms with Gasteiger partial charge < -0.3 is 14.4 Å². The quantitative estimate of drug-likeness (QED) is 0.549. The number of ether oxygens (including phenoxy) is 2.